The van der Waals surface area contributed by atoms with Gasteiger partial charge in [0.15, 0.2) is 0 Å². The van der Waals surface area contributed by atoms with E-state index in [0.29, 0.717) is 15.9 Å². The second-order valence-electron chi connectivity index (χ2n) is 4.51. The van der Waals surface area contributed by atoms with E-state index in [0.717, 1.165) is 5.75 Å². The first-order valence-corrected chi connectivity index (χ1v) is 7.81. The summed E-state index contributed by atoms with van der Waals surface area (Å²) in [5.74, 6) is 1.10. The smallest absolute Gasteiger partial charge is 0.404 e. The Kier molecular flexibility index (Phi) is 4.30. The van der Waals surface area contributed by atoms with Crippen molar-refractivity contribution < 1.29 is 9.53 Å². The molecule has 0 aromatic heterocycles. The maximum atomic E-state index is 10.6. The number of carbonyl (C=O) groups is 1. The summed E-state index contributed by atoms with van der Waals surface area (Å²) < 4.78 is 5.31. The zero-order valence-electron chi connectivity index (χ0n) is 9.44. The Morgan fingerprint density at radius 1 is 1.31 bits per heavy atom. The number of ether oxygens (including phenoxy) is 1. The summed E-state index contributed by atoms with van der Waals surface area (Å²) in [6.45, 7) is 0.481. The fourth-order valence-electron chi connectivity index (χ4n) is 2.40. The monoisotopic (exact) mass is 261 g/mol. The molecule has 16 heavy (non-hydrogen) atoms. The molecular weight excluding hydrogens is 242 g/mol. The third kappa shape index (κ3) is 3.23. The van der Waals surface area contributed by atoms with Crippen LogP contribution in [0.15, 0.2) is 0 Å². The molecule has 1 unspecified atom stereocenters. The average molecular weight is 261 g/mol. The van der Waals surface area contributed by atoms with Crippen LogP contribution in [0.4, 0.5) is 4.79 Å². The van der Waals surface area contributed by atoms with Gasteiger partial charge in [-0.3, -0.25) is 0 Å². The Bertz CT molecular complexity index is 252. The molecule has 1 saturated carbocycles. The summed E-state index contributed by atoms with van der Waals surface area (Å²) in [5, 5.41) is 0.440. The lowest BCUT2D eigenvalue weighted by atomic mass is 10.2. The van der Waals surface area contributed by atoms with E-state index in [1.54, 1.807) is 0 Å². The summed E-state index contributed by atoms with van der Waals surface area (Å²) in [4.78, 5) is 10.6. The summed E-state index contributed by atoms with van der Waals surface area (Å²) in [6, 6.07) is 0. The van der Waals surface area contributed by atoms with E-state index < -0.39 is 6.09 Å². The Balaban J connectivity index is 1.83. The van der Waals surface area contributed by atoms with Gasteiger partial charge in [0.25, 0.3) is 0 Å². The number of rotatable bonds is 2. The van der Waals surface area contributed by atoms with Gasteiger partial charge in [0.05, 0.1) is 4.08 Å². The molecule has 5 heteroatoms. The molecule has 0 aromatic rings. The number of amides is 1. The molecule has 2 N–H and O–H groups in total. The van der Waals surface area contributed by atoms with Gasteiger partial charge in [-0.15, -0.1) is 23.5 Å². The minimum atomic E-state index is -0.646. The van der Waals surface area contributed by atoms with E-state index >= 15 is 0 Å². The van der Waals surface area contributed by atoms with Crippen molar-refractivity contribution >= 4 is 29.6 Å². The molecule has 1 atom stereocenters. The second kappa shape index (κ2) is 5.54. The number of primary amides is 1. The van der Waals surface area contributed by atoms with Gasteiger partial charge >= 0.3 is 6.09 Å². The van der Waals surface area contributed by atoms with E-state index in [9.17, 15) is 4.79 Å². The molecule has 0 aromatic carbocycles. The van der Waals surface area contributed by atoms with Crippen molar-refractivity contribution in [3.8, 4) is 0 Å². The van der Waals surface area contributed by atoms with Crippen molar-refractivity contribution in [2.45, 2.75) is 47.9 Å². The van der Waals surface area contributed by atoms with Crippen molar-refractivity contribution in [3.63, 3.8) is 0 Å². The average Bonchev–Trinajstić information content (AvgIpc) is 2.49. The Morgan fingerprint density at radius 3 is 2.62 bits per heavy atom. The minimum absolute atomic E-state index is 0.419. The van der Waals surface area contributed by atoms with Gasteiger partial charge in [-0.1, -0.05) is 25.7 Å². The van der Waals surface area contributed by atoms with Crippen LogP contribution in [0.25, 0.3) is 0 Å². The van der Waals surface area contributed by atoms with Gasteiger partial charge in [-0.25, -0.2) is 4.79 Å². The van der Waals surface area contributed by atoms with Gasteiger partial charge in [0.1, 0.15) is 6.61 Å². The first kappa shape index (κ1) is 12.4. The third-order valence-corrected chi connectivity index (χ3v) is 7.02. The van der Waals surface area contributed by atoms with E-state index in [2.05, 4.69) is 11.8 Å². The van der Waals surface area contributed by atoms with Gasteiger partial charge in [-0.05, 0) is 12.8 Å². The second-order valence-corrected chi connectivity index (χ2v) is 7.85. The Morgan fingerprint density at radius 2 is 2.00 bits per heavy atom. The van der Waals surface area contributed by atoms with Crippen LogP contribution in [0.1, 0.15) is 38.5 Å². The molecule has 2 fully saturated rings. The molecule has 92 valence electrons. The molecule has 1 aliphatic carbocycles. The summed E-state index contributed by atoms with van der Waals surface area (Å²) in [5.41, 5.74) is 4.99. The van der Waals surface area contributed by atoms with Crippen LogP contribution < -0.4 is 5.73 Å². The van der Waals surface area contributed by atoms with E-state index in [1.165, 1.54) is 38.5 Å². The first-order valence-electron chi connectivity index (χ1n) is 5.94. The van der Waals surface area contributed by atoms with Crippen LogP contribution >= 0.6 is 23.5 Å². The van der Waals surface area contributed by atoms with Crippen molar-refractivity contribution in [3.05, 3.63) is 0 Å². The summed E-state index contributed by atoms with van der Waals surface area (Å²) >= 11 is 4.09. The fourth-order valence-corrected chi connectivity index (χ4v) is 6.20. The largest absolute Gasteiger partial charge is 0.448 e. The highest BCUT2D eigenvalue weighted by Crippen LogP contribution is 2.55. The molecular formula is C11H19NO2S2. The van der Waals surface area contributed by atoms with E-state index in [1.807, 2.05) is 11.8 Å². The van der Waals surface area contributed by atoms with E-state index in [-0.39, 0.29) is 0 Å². The lowest BCUT2D eigenvalue weighted by Gasteiger charge is -2.25. The number of hydrogen-bond donors (Lipinski definition) is 1. The highest BCUT2D eigenvalue weighted by atomic mass is 32.2. The molecule has 3 nitrogen and oxygen atoms in total. The van der Waals surface area contributed by atoms with E-state index in [4.69, 9.17) is 10.5 Å². The lowest BCUT2D eigenvalue weighted by molar-refractivity contribution is 0.159. The summed E-state index contributed by atoms with van der Waals surface area (Å²) in [6.07, 6.45) is 7.45. The molecule has 1 aliphatic heterocycles. The standard InChI is InChI=1S/C11H19NO2S2/c12-10(13)14-7-9-8-15-11(16-9)5-3-1-2-4-6-11/h9H,1-8H2,(H2,12,13). The zero-order chi connectivity index (χ0) is 11.4. The minimum Gasteiger partial charge on any atom is -0.448 e. The zero-order valence-corrected chi connectivity index (χ0v) is 11.1. The molecule has 1 spiro atoms. The predicted molar refractivity (Wildman–Crippen MR) is 69.8 cm³/mol. The number of thioether (sulfide) groups is 2. The molecule has 2 rings (SSSR count). The van der Waals surface area contributed by atoms with Crippen LogP contribution in [0.3, 0.4) is 0 Å². The third-order valence-electron chi connectivity index (χ3n) is 3.19. The fraction of sp³-hybridized carbons (Fsp3) is 0.909. The quantitative estimate of drug-likeness (QED) is 0.830. The molecule has 1 heterocycles. The van der Waals surface area contributed by atoms with Crippen molar-refractivity contribution in [1.29, 1.82) is 0 Å². The predicted octanol–water partition coefficient (Wildman–Crippen LogP) is 2.98. The normalized spacial score (nSPS) is 28.9. The highest BCUT2D eigenvalue weighted by molar-refractivity contribution is 8.21. The number of carbonyl (C=O) groups excluding carboxylic acids is 1. The number of nitrogens with two attached hydrogens (primary N) is 1. The van der Waals surface area contributed by atoms with Crippen LogP contribution in [0.2, 0.25) is 0 Å². The SMILES string of the molecule is NC(=O)OCC1CSC2(CCCCCC2)S1. The van der Waals surface area contributed by atoms with Gasteiger partial charge in [0, 0.05) is 11.0 Å². The van der Waals surface area contributed by atoms with Crippen molar-refractivity contribution in [1.82, 2.24) is 0 Å². The maximum absolute atomic E-state index is 10.6. The highest BCUT2D eigenvalue weighted by Gasteiger charge is 2.40. The van der Waals surface area contributed by atoms with Crippen molar-refractivity contribution in [2.75, 3.05) is 12.4 Å². The molecule has 1 amide bonds. The lowest BCUT2D eigenvalue weighted by Crippen LogP contribution is -2.21. The van der Waals surface area contributed by atoms with Crippen LogP contribution in [-0.2, 0) is 4.74 Å². The van der Waals surface area contributed by atoms with Crippen molar-refractivity contribution in [2.24, 2.45) is 5.73 Å². The Labute approximate surface area is 105 Å². The van der Waals surface area contributed by atoms with Crippen LogP contribution in [0.5, 0.6) is 0 Å². The van der Waals surface area contributed by atoms with Gasteiger partial charge < -0.3 is 10.5 Å². The van der Waals surface area contributed by atoms with Crippen LogP contribution in [-0.4, -0.2) is 27.8 Å². The van der Waals surface area contributed by atoms with Gasteiger partial charge in [-0.2, -0.15) is 0 Å². The first-order chi connectivity index (χ1) is 7.70. The topological polar surface area (TPSA) is 52.3 Å². The van der Waals surface area contributed by atoms with Crippen LogP contribution in [0, 0.1) is 0 Å². The van der Waals surface area contributed by atoms with Gasteiger partial charge in [0.2, 0.25) is 0 Å². The molecule has 1 saturated heterocycles. The maximum Gasteiger partial charge on any atom is 0.404 e. The summed E-state index contributed by atoms with van der Waals surface area (Å²) in [7, 11) is 0. The molecule has 0 radical (unpaired) electrons. The Hall–Kier alpha value is -0.0300. The molecule has 0 bridgehead atoms. The molecule has 2 aliphatic rings. The number of hydrogen-bond acceptors (Lipinski definition) is 4.